The molecule has 0 radical (unpaired) electrons. The molecule has 1 aromatic carbocycles. The predicted octanol–water partition coefficient (Wildman–Crippen LogP) is 3.75. The largest absolute Gasteiger partial charge is 0.497 e. The lowest BCUT2D eigenvalue weighted by molar-refractivity contribution is -0.122. The second-order valence-electron chi connectivity index (χ2n) is 7.10. The van der Waals surface area contributed by atoms with Gasteiger partial charge in [-0.05, 0) is 67.8 Å². The summed E-state index contributed by atoms with van der Waals surface area (Å²) in [4.78, 5) is 12.1. The van der Waals surface area contributed by atoms with E-state index >= 15 is 0 Å². The van der Waals surface area contributed by atoms with Crippen LogP contribution in [0.1, 0.15) is 51.0 Å². The number of benzene rings is 1. The Kier molecular flexibility index (Phi) is 9.91. The van der Waals surface area contributed by atoms with E-state index in [2.05, 4.69) is 36.6 Å². The van der Waals surface area contributed by atoms with E-state index in [1.165, 1.54) is 18.4 Å². The van der Waals surface area contributed by atoms with Crippen molar-refractivity contribution in [3.8, 4) is 5.75 Å². The van der Waals surface area contributed by atoms with Gasteiger partial charge >= 0.3 is 0 Å². The number of hydrogen-bond donors (Lipinski definition) is 2. The lowest BCUT2D eigenvalue weighted by Gasteiger charge is -2.28. The molecule has 1 aromatic rings. The van der Waals surface area contributed by atoms with Gasteiger partial charge in [-0.15, -0.1) is 12.4 Å². The standard InChI is InChI=1S/C20H32N2O2.ClH/c1-15(17-6-8-19(24-3)9-7-17)10-12-22-20(23)13-16(2)18-5-4-11-21-14-18;/h6-9,15-16,18,21H,4-5,10-14H2,1-3H3,(H,22,23);1H. The van der Waals surface area contributed by atoms with Crippen molar-refractivity contribution >= 4 is 18.3 Å². The summed E-state index contributed by atoms with van der Waals surface area (Å²) in [6, 6.07) is 8.18. The number of amides is 1. The number of carbonyl (C=O) groups is 1. The molecule has 0 aliphatic carbocycles. The van der Waals surface area contributed by atoms with Crippen molar-refractivity contribution in [2.75, 3.05) is 26.7 Å². The summed E-state index contributed by atoms with van der Waals surface area (Å²) >= 11 is 0. The van der Waals surface area contributed by atoms with Crippen LogP contribution in [0.2, 0.25) is 0 Å². The average Bonchev–Trinajstić information content (AvgIpc) is 2.62. The molecule has 1 saturated heterocycles. The third kappa shape index (κ3) is 7.25. The first kappa shape index (κ1) is 21.8. The van der Waals surface area contributed by atoms with Gasteiger partial charge in [0.2, 0.25) is 5.91 Å². The second-order valence-corrected chi connectivity index (χ2v) is 7.10. The van der Waals surface area contributed by atoms with Crippen LogP contribution in [-0.4, -0.2) is 32.7 Å². The van der Waals surface area contributed by atoms with Crippen LogP contribution in [0.3, 0.4) is 0 Å². The van der Waals surface area contributed by atoms with Crippen LogP contribution >= 0.6 is 12.4 Å². The molecule has 1 heterocycles. The number of ether oxygens (including phenoxy) is 1. The number of carbonyl (C=O) groups excluding carboxylic acids is 1. The molecule has 2 N–H and O–H groups in total. The lowest BCUT2D eigenvalue weighted by Crippen LogP contribution is -2.35. The summed E-state index contributed by atoms with van der Waals surface area (Å²) in [6.07, 6.45) is 4.08. The molecule has 1 fully saturated rings. The summed E-state index contributed by atoms with van der Waals surface area (Å²) in [5.41, 5.74) is 1.28. The smallest absolute Gasteiger partial charge is 0.220 e. The molecule has 0 saturated carbocycles. The Labute approximate surface area is 158 Å². The Bertz CT molecular complexity index is 501. The first-order chi connectivity index (χ1) is 11.6. The number of piperidine rings is 1. The van der Waals surface area contributed by atoms with Gasteiger partial charge in [0.05, 0.1) is 7.11 Å². The van der Waals surface area contributed by atoms with Crippen molar-refractivity contribution < 1.29 is 9.53 Å². The van der Waals surface area contributed by atoms with Crippen LogP contribution in [0, 0.1) is 11.8 Å². The fourth-order valence-electron chi connectivity index (χ4n) is 3.42. The molecule has 4 nitrogen and oxygen atoms in total. The van der Waals surface area contributed by atoms with E-state index in [0.717, 1.165) is 31.8 Å². The molecule has 0 aromatic heterocycles. The zero-order valence-corrected chi connectivity index (χ0v) is 16.5. The van der Waals surface area contributed by atoms with Gasteiger partial charge in [0.15, 0.2) is 0 Å². The fraction of sp³-hybridized carbons (Fsp3) is 0.650. The molecule has 2 rings (SSSR count). The minimum Gasteiger partial charge on any atom is -0.497 e. The number of nitrogens with one attached hydrogen (secondary N) is 2. The highest BCUT2D eigenvalue weighted by Crippen LogP contribution is 2.23. The Morgan fingerprint density at radius 1 is 1.32 bits per heavy atom. The minimum atomic E-state index is 0. The maximum absolute atomic E-state index is 12.1. The summed E-state index contributed by atoms with van der Waals surface area (Å²) in [5.74, 6) is 2.59. The highest BCUT2D eigenvalue weighted by Gasteiger charge is 2.21. The van der Waals surface area contributed by atoms with Gasteiger partial charge in [-0.1, -0.05) is 26.0 Å². The van der Waals surface area contributed by atoms with Crippen molar-refractivity contribution in [1.82, 2.24) is 10.6 Å². The minimum absolute atomic E-state index is 0. The fourth-order valence-corrected chi connectivity index (χ4v) is 3.42. The van der Waals surface area contributed by atoms with Crippen LogP contribution in [0.4, 0.5) is 0 Å². The molecule has 1 aliphatic heterocycles. The van der Waals surface area contributed by atoms with Crippen molar-refractivity contribution in [3.05, 3.63) is 29.8 Å². The SMILES string of the molecule is COc1ccc(C(C)CCNC(=O)CC(C)C2CCCNC2)cc1.Cl. The normalized spacial score (nSPS) is 19.4. The van der Waals surface area contributed by atoms with Crippen molar-refractivity contribution in [2.24, 2.45) is 11.8 Å². The van der Waals surface area contributed by atoms with Crippen LogP contribution in [-0.2, 0) is 4.79 Å². The lowest BCUT2D eigenvalue weighted by atomic mass is 9.85. The molecule has 3 atom stereocenters. The van der Waals surface area contributed by atoms with Gasteiger partial charge in [-0.2, -0.15) is 0 Å². The summed E-state index contributed by atoms with van der Waals surface area (Å²) < 4.78 is 5.19. The van der Waals surface area contributed by atoms with Gasteiger partial charge in [0.25, 0.3) is 0 Å². The van der Waals surface area contributed by atoms with E-state index in [-0.39, 0.29) is 18.3 Å². The van der Waals surface area contributed by atoms with Crippen molar-refractivity contribution in [1.29, 1.82) is 0 Å². The van der Waals surface area contributed by atoms with E-state index < -0.39 is 0 Å². The van der Waals surface area contributed by atoms with E-state index in [0.29, 0.717) is 24.2 Å². The van der Waals surface area contributed by atoms with Gasteiger partial charge in [-0.3, -0.25) is 4.79 Å². The van der Waals surface area contributed by atoms with Crippen molar-refractivity contribution in [3.63, 3.8) is 0 Å². The monoisotopic (exact) mass is 368 g/mol. The maximum atomic E-state index is 12.1. The highest BCUT2D eigenvalue weighted by molar-refractivity contribution is 5.85. The highest BCUT2D eigenvalue weighted by atomic mass is 35.5. The number of hydrogen-bond acceptors (Lipinski definition) is 3. The predicted molar refractivity (Wildman–Crippen MR) is 106 cm³/mol. The molecule has 0 spiro atoms. The average molecular weight is 369 g/mol. The van der Waals surface area contributed by atoms with E-state index in [9.17, 15) is 4.79 Å². The van der Waals surface area contributed by atoms with Crippen molar-refractivity contribution in [2.45, 2.75) is 45.4 Å². The zero-order valence-electron chi connectivity index (χ0n) is 15.7. The molecule has 142 valence electrons. The number of methoxy groups -OCH3 is 1. The topological polar surface area (TPSA) is 50.4 Å². The van der Waals surface area contributed by atoms with Crippen LogP contribution in [0.15, 0.2) is 24.3 Å². The molecular weight excluding hydrogens is 336 g/mol. The Balaban J connectivity index is 0.00000312. The Morgan fingerprint density at radius 2 is 2.04 bits per heavy atom. The third-order valence-corrected chi connectivity index (χ3v) is 5.23. The van der Waals surface area contributed by atoms with Crippen LogP contribution in [0.5, 0.6) is 5.75 Å². The molecule has 1 aliphatic rings. The first-order valence-electron chi connectivity index (χ1n) is 9.21. The number of halogens is 1. The molecule has 25 heavy (non-hydrogen) atoms. The Morgan fingerprint density at radius 3 is 2.64 bits per heavy atom. The molecule has 1 amide bonds. The van der Waals surface area contributed by atoms with E-state index in [1.807, 2.05) is 12.1 Å². The van der Waals surface area contributed by atoms with Gasteiger partial charge in [0.1, 0.15) is 5.75 Å². The van der Waals surface area contributed by atoms with E-state index in [4.69, 9.17) is 4.74 Å². The molecule has 5 heteroatoms. The third-order valence-electron chi connectivity index (χ3n) is 5.23. The molecular formula is C20H33ClN2O2. The zero-order chi connectivity index (χ0) is 17.4. The quantitative estimate of drug-likeness (QED) is 0.734. The van der Waals surface area contributed by atoms with Crippen LogP contribution in [0.25, 0.3) is 0 Å². The summed E-state index contributed by atoms with van der Waals surface area (Å²) in [6.45, 7) is 7.32. The number of rotatable bonds is 8. The summed E-state index contributed by atoms with van der Waals surface area (Å²) in [5, 5.41) is 6.52. The Hall–Kier alpha value is -1.26. The van der Waals surface area contributed by atoms with Crippen LogP contribution < -0.4 is 15.4 Å². The van der Waals surface area contributed by atoms with E-state index in [1.54, 1.807) is 7.11 Å². The first-order valence-corrected chi connectivity index (χ1v) is 9.21. The second kappa shape index (κ2) is 11.4. The van der Waals surface area contributed by atoms with Gasteiger partial charge in [0, 0.05) is 13.0 Å². The summed E-state index contributed by atoms with van der Waals surface area (Å²) in [7, 11) is 1.68. The van der Waals surface area contributed by atoms with Gasteiger partial charge in [-0.25, -0.2) is 0 Å². The molecule has 3 unspecified atom stereocenters. The van der Waals surface area contributed by atoms with Gasteiger partial charge < -0.3 is 15.4 Å². The maximum Gasteiger partial charge on any atom is 0.220 e. The molecule has 0 bridgehead atoms.